The molecule has 3 N–H and O–H groups in total. The zero-order chi connectivity index (χ0) is 14.9. The highest BCUT2D eigenvalue weighted by Gasteiger charge is 2.27. The number of sulfonamides is 1. The van der Waals surface area contributed by atoms with E-state index in [4.69, 9.17) is 5.84 Å². The minimum absolute atomic E-state index is 0.317. The first-order chi connectivity index (χ1) is 10.1. The van der Waals surface area contributed by atoms with Gasteiger partial charge in [-0.15, -0.1) is 11.3 Å². The predicted molar refractivity (Wildman–Crippen MR) is 83.4 cm³/mol. The molecule has 0 bridgehead atoms. The van der Waals surface area contributed by atoms with Crippen LogP contribution in [-0.4, -0.2) is 30.8 Å². The monoisotopic (exact) mass is 324 g/mol. The zero-order valence-corrected chi connectivity index (χ0v) is 13.0. The molecule has 0 amide bonds. The molecule has 8 heteroatoms. The number of thiazole rings is 1. The maximum atomic E-state index is 12.6. The van der Waals surface area contributed by atoms with Crippen molar-refractivity contribution in [1.82, 2.24) is 9.29 Å². The van der Waals surface area contributed by atoms with Crippen LogP contribution in [0.25, 0.3) is 11.3 Å². The van der Waals surface area contributed by atoms with Crippen LogP contribution >= 0.6 is 11.3 Å². The smallest absolute Gasteiger partial charge is 0.243 e. The zero-order valence-electron chi connectivity index (χ0n) is 11.3. The Morgan fingerprint density at radius 3 is 2.71 bits per heavy atom. The molecule has 2 aromatic rings. The summed E-state index contributed by atoms with van der Waals surface area (Å²) in [6.07, 6.45) is 1.85. The average Bonchev–Trinajstić information content (AvgIpc) is 3.19. The number of hydrazine groups is 1. The first kappa shape index (κ1) is 14.5. The van der Waals surface area contributed by atoms with E-state index in [-0.39, 0.29) is 0 Å². The fourth-order valence-electron chi connectivity index (χ4n) is 2.37. The number of benzene rings is 1. The van der Waals surface area contributed by atoms with Crippen LogP contribution in [0.5, 0.6) is 0 Å². The number of rotatable bonds is 4. The summed E-state index contributed by atoms with van der Waals surface area (Å²) in [5.41, 5.74) is 3.97. The Hall–Kier alpha value is -1.48. The van der Waals surface area contributed by atoms with Crippen LogP contribution < -0.4 is 11.3 Å². The van der Waals surface area contributed by atoms with Crippen molar-refractivity contribution in [1.29, 1.82) is 0 Å². The molecule has 0 aliphatic carbocycles. The fraction of sp³-hybridized carbons (Fsp3) is 0.308. The van der Waals surface area contributed by atoms with Crippen molar-refractivity contribution in [3.63, 3.8) is 0 Å². The highest BCUT2D eigenvalue weighted by atomic mass is 32.2. The van der Waals surface area contributed by atoms with Gasteiger partial charge in [0.05, 0.1) is 10.6 Å². The first-order valence-corrected chi connectivity index (χ1v) is 8.96. The first-order valence-electron chi connectivity index (χ1n) is 6.64. The minimum atomic E-state index is -3.40. The minimum Gasteiger partial charge on any atom is -0.300 e. The normalized spacial score (nSPS) is 16.2. The molecule has 3 rings (SSSR count). The summed E-state index contributed by atoms with van der Waals surface area (Å²) >= 11 is 1.38. The maximum absolute atomic E-state index is 12.6. The van der Waals surface area contributed by atoms with Gasteiger partial charge in [-0.25, -0.2) is 19.2 Å². The average molecular weight is 324 g/mol. The van der Waals surface area contributed by atoms with Gasteiger partial charge in [0.1, 0.15) is 0 Å². The molecule has 0 unspecified atom stereocenters. The summed E-state index contributed by atoms with van der Waals surface area (Å²) in [4.78, 5) is 4.61. The van der Waals surface area contributed by atoms with Crippen molar-refractivity contribution in [3.05, 3.63) is 29.6 Å². The lowest BCUT2D eigenvalue weighted by atomic mass is 10.2. The van der Waals surface area contributed by atoms with Gasteiger partial charge in [-0.05, 0) is 25.0 Å². The Bertz CT molecular complexity index is 736. The Morgan fingerprint density at radius 1 is 1.29 bits per heavy atom. The largest absolute Gasteiger partial charge is 0.300 e. The molecular formula is C13H16N4O2S2. The molecule has 1 aromatic heterocycles. The second-order valence-electron chi connectivity index (χ2n) is 4.82. The highest BCUT2D eigenvalue weighted by Crippen LogP contribution is 2.28. The van der Waals surface area contributed by atoms with E-state index in [1.54, 1.807) is 22.5 Å². The van der Waals surface area contributed by atoms with Gasteiger partial charge in [0, 0.05) is 24.0 Å². The summed E-state index contributed by atoms with van der Waals surface area (Å²) in [6, 6.07) is 6.89. The van der Waals surface area contributed by atoms with E-state index in [9.17, 15) is 8.42 Å². The van der Waals surface area contributed by atoms with Crippen LogP contribution in [-0.2, 0) is 10.0 Å². The molecule has 21 heavy (non-hydrogen) atoms. The lowest BCUT2D eigenvalue weighted by Gasteiger charge is -2.15. The molecule has 112 valence electrons. The van der Waals surface area contributed by atoms with E-state index in [0.29, 0.717) is 28.8 Å². The van der Waals surface area contributed by atoms with Gasteiger partial charge in [-0.1, -0.05) is 12.1 Å². The number of nitrogens with zero attached hydrogens (tertiary/aromatic N) is 2. The summed E-state index contributed by atoms with van der Waals surface area (Å²) in [6.45, 7) is 1.20. The summed E-state index contributed by atoms with van der Waals surface area (Å²) in [7, 11) is -3.40. The topological polar surface area (TPSA) is 88.3 Å². The van der Waals surface area contributed by atoms with Crippen molar-refractivity contribution in [2.45, 2.75) is 17.7 Å². The van der Waals surface area contributed by atoms with Gasteiger partial charge in [-0.2, -0.15) is 4.31 Å². The highest BCUT2D eigenvalue weighted by molar-refractivity contribution is 7.89. The van der Waals surface area contributed by atoms with Gasteiger partial charge in [-0.3, -0.25) is 5.43 Å². The lowest BCUT2D eigenvalue weighted by molar-refractivity contribution is 0.477. The maximum Gasteiger partial charge on any atom is 0.243 e. The van der Waals surface area contributed by atoms with Gasteiger partial charge in [0.15, 0.2) is 5.13 Å². The molecule has 1 fully saturated rings. The Labute approximate surface area is 127 Å². The number of nitrogen functional groups attached to an aromatic ring is 1. The van der Waals surface area contributed by atoms with Crippen LogP contribution in [0.4, 0.5) is 5.13 Å². The number of aromatic nitrogens is 1. The summed E-state index contributed by atoms with van der Waals surface area (Å²) < 4.78 is 26.7. The second kappa shape index (κ2) is 5.72. The van der Waals surface area contributed by atoms with E-state index in [1.807, 2.05) is 11.4 Å². The van der Waals surface area contributed by atoms with Gasteiger partial charge >= 0.3 is 0 Å². The molecule has 0 radical (unpaired) electrons. The summed E-state index contributed by atoms with van der Waals surface area (Å²) in [5, 5.41) is 2.44. The SMILES string of the molecule is NNc1nc(-c2cccc(S(=O)(=O)N3CCCC3)c2)cs1. The Kier molecular flexibility index (Phi) is 3.94. The summed E-state index contributed by atoms with van der Waals surface area (Å²) in [5.74, 6) is 5.32. The molecule has 0 spiro atoms. The Balaban J connectivity index is 1.96. The van der Waals surface area contributed by atoms with Gasteiger partial charge < -0.3 is 0 Å². The van der Waals surface area contributed by atoms with Crippen molar-refractivity contribution in [2.24, 2.45) is 5.84 Å². The van der Waals surface area contributed by atoms with E-state index < -0.39 is 10.0 Å². The fourth-order valence-corrected chi connectivity index (χ4v) is 4.56. The molecule has 2 heterocycles. The van der Waals surface area contributed by atoms with Crippen LogP contribution in [0.3, 0.4) is 0 Å². The molecular weight excluding hydrogens is 308 g/mol. The van der Waals surface area contributed by atoms with Crippen molar-refractivity contribution < 1.29 is 8.42 Å². The standard InChI is InChI=1S/C13H16N4O2S2/c14-16-13-15-12(9-20-13)10-4-3-5-11(8-10)21(18,19)17-6-1-2-7-17/h3-5,8-9H,1-2,6-7,14H2,(H,15,16). The van der Waals surface area contributed by atoms with Crippen molar-refractivity contribution in [2.75, 3.05) is 18.5 Å². The molecule has 1 saturated heterocycles. The van der Waals surface area contributed by atoms with Crippen molar-refractivity contribution in [3.8, 4) is 11.3 Å². The molecule has 1 aromatic carbocycles. The Morgan fingerprint density at radius 2 is 2.05 bits per heavy atom. The third-order valence-electron chi connectivity index (χ3n) is 3.46. The van der Waals surface area contributed by atoms with Crippen LogP contribution in [0, 0.1) is 0 Å². The number of anilines is 1. The number of hydrogen-bond acceptors (Lipinski definition) is 6. The van der Waals surface area contributed by atoms with Crippen LogP contribution in [0.1, 0.15) is 12.8 Å². The van der Waals surface area contributed by atoms with E-state index in [1.165, 1.54) is 11.3 Å². The van der Waals surface area contributed by atoms with Gasteiger partial charge in [0.2, 0.25) is 10.0 Å². The number of hydrogen-bond donors (Lipinski definition) is 2. The van der Waals surface area contributed by atoms with Crippen LogP contribution in [0.2, 0.25) is 0 Å². The van der Waals surface area contributed by atoms with Gasteiger partial charge in [0.25, 0.3) is 0 Å². The molecule has 6 nitrogen and oxygen atoms in total. The molecule has 0 atom stereocenters. The third-order valence-corrected chi connectivity index (χ3v) is 6.13. The van der Waals surface area contributed by atoms with Crippen LogP contribution in [0.15, 0.2) is 34.5 Å². The number of nitrogens with one attached hydrogen (secondary N) is 1. The van der Waals surface area contributed by atoms with E-state index in [0.717, 1.165) is 18.4 Å². The lowest BCUT2D eigenvalue weighted by Crippen LogP contribution is -2.27. The molecule has 1 aliphatic rings. The predicted octanol–water partition coefficient (Wildman–Crippen LogP) is 1.88. The quantitative estimate of drug-likeness (QED) is 0.662. The van der Waals surface area contributed by atoms with Crippen molar-refractivity contribution >= 4 is 26.5 Å². The molecule has 0 saturated carbocycles. The van der Waals surface area contributed by atoms with E-state index in [2.05, 4.69) is 10.4 Å². The number of nitrogens with two attached hydrogens (primary N) is 1. The molecule has 1 aliphatic heterocycles. The third kappa shape index (κ3) is 2.80. The van der Waals surface area contributed by atoms with E-state index >= 15 is 0 Å². The second-order valence-corrected chi connectivity index (χ2v) is 7.62.